The molecule has 0 unspecified atom stereocenters. The van der Waals surface area contributed by atoms with Crippen LogP contribution in [-0.2, 0) is 4.79 Å². The van der Waals surface area contributed by atoms with Crippen LogP contribution in [0, 0.1) is 46.3 Å². The number of carbonyl (C=O) groups excluding carboxylic acids is 1. The van der Waals surface area contributed by atoms with Crippen LogP contribution in [-0.4, -0.2) is 77.7 Å². The van der Waals surface area contributed by atoms with Gasteiger partial charge in [-0.1, -0.05) is 20.8 Å². The summed E-state index contributed by atoms with van der Waals surface area (Å²) in [5.41, 5.74) is 1.05. The van der Waals surface area contributed by atoms with Gasteiger partial charge in [0.1, 0.15) is 5.75 Å². The van der Waals surface area contributed by atoms with Gasteiger partial charge in [0.2, 0.25) is 5.91 Å². The van der Waals surface area contributed by atoms with Crippen LogP contribution >= 0.6 is 0 Å². The van der Waals surface area contributed by atoms with Gasteiger partial charge in [-0.15, -0.1) is 0 Å². The lowest BCUT2D eigenvalue weighted by Crippen LogP contribution is -2.62. The lowest BCUT2D eigenvalue weighted by Gasteiger charge is -2.63. The van der Waals surface area contributed by atoms with E-state index >= 15 is 0 Å². The minimum Gasteiger partial charge on any atom is -0.497 e. The van der Waals surface area contributed by atoms with E-state index in [2.05, 4.69) is 37.8 Å². The highest BCUT2D eigenvalue weighted by atomic mass is 16.5. The van der Waals surface area contributed by atoms with Gasteiger partial charge in [-0.05, 0) is 122 Å². The molecule has 3 N–H and O–H groups in total. The molecule has 1 aromatic carbocycles. The van der Waals surface area contributed by atoms with Crippen molar-refractivity contribution in [3.63, 3.8) is 0 Å². The maximum absolute atomic E-state index is 13.3. The van der Waals surface area contributed by atoms with Crippen molar-refractivity contribution in [1.82, 2.24) is 4.90 Å². The zero-order chi connectivity index (χ0) is 29.8. The minimum atomic E-state index is -0.380. The number of aliphatic hydroxyl groups is 3. The third-order valence-corrected chi connectivity index (χ3v) is 13.4. The standard InChI is InChI=1S/C35H54N2O5/c1-22(5-12-32(41)37-17-15-36(16-18-37)24-6-8-26(42-4)9-7-24)27-10-11-28-33-29(21-31(40)35(27,28)3)34(2)14-13-25(38)19-23(34)20-30(33)39/h6-9,22-23,25,27-31,33,38-40H,5,10-21H2,1-4H3/t22-,23+,25-,27-,28+,29+,30-,31+,33+,34+,35-/m1/s1. The first-order chi connectivity index (χ1) is 20.1. The van der Waals surface area contributed by atoms with Crippen molar-refractivity contribution in [2.24, 2.45) is 46.3 Å². The number of aliphatic hydroxyl groups excluding tert-OH is 3. The van der Waals surface area contributed by atoms with E-state index in [0.29, 0.717) is 36.0 Å². The third kappa shape index (κ3) is 5.05. The Kier molecular flexibility index (Phi) is 8.34. The van der Waals surface area contributed by atoms with Crippen molar-refractivity contribution in [3.8, 4) is 5.75 Å². The van der Waals surface area contributed by atoms with E-state index in [-0.39, 0.29) is 41.0 Å². The summed E-state index contributed by atoms with van der Waals surface area (Å²) in [6.45, 7) is 10.2. The fourth-order valence-electron chi connectivity index (χ4n) is 10.8. The summed E-state index contributed by atoms with van der Waals surface area (Å²) in [5, 5.41) is 33.7. The number of anilines is 1. The second-order valence-electron chi connectivity index (χ2n) is 15.1. The minimum absolute atomic E-state index is 0.0962. The van der Waals surface area contributed by atoms with Crippen LogP contribution in [0.15, 0.2) is 24.3 Å². The van der Waals surface area contributed by atoms with Crippen molar-refractivity contribution < 1.29 is 24.9 Å². The van der Waals surface area contributed by atoms with Crippen LogP contribution in [0.2, 0.25) is 0 Å². The van der Waals surface area contributed by atoms with Crippen molar-refractivity contribution in [1.29, 1.82) is 0 Å². The maximum atomic E-state index is 13.3. The van der Waals surface area contributed by atoms with E-state index in [1.54, 1.807) is 7.11 Å². The monoisotopic (exact) mass is 582 g/mol. The average molecular weight is 583 g/mol. The highest BCUT2D eigenvalue weighted by Crippen LogP contribution is 2.68. The largest absolute Gasteiger partial charge is 0.497 e. The average Bonchev–Trinajstić information content (AvgIpc) is 3.35. The highest BCUT2D eigenvalue weighted by molar-refractivity contribution is 5.76. The van der Waals surface area contributed by atoms with Gasteiger partial charge >= 0.3 is 0 Å². The Morgan fingerprint density at radius 3 is 2.38 bits per heavy atom. The van der Waals surface area contributed by atoms with Crippen molar-refractivity contribution in [2.75, 3.05) is 38.2 Å². The maximum Gasteiger partial charge on any atom is 0.222 e. The van der Waals surface area contributed by atoms with Gasteiger partial charge in [0.25, 0.3) is 0 Å². The topological polar surface area (TPSA) is 93.5 Å². The molecule has 1 aliphatic heterocycles. The van der Waals surface area contributed by atoms with Crippen LogP contribution in [0.25, 0.3) is 0 Å². The number of hydrogen-bond donors (Lipinski definition) is 3. The number of nitrogens with zero attached hydrogens (tertiary/aromatic N) is 2. The van der Waals surface area contributed by atoms with Crippen molar-refractivity contribution in [3.05, 3.63) is 24.3 Å². The molecule has 0 spiro atoms. The summed E-state index contributed by atoms with van der Waals surface area (Å²) in [6, 6.07) is 8.14. The molecule has 0 bridgehead atoms. The molecule has 1 saturated heterocycles. The summed E-state index contributed by atoms with van der Waals surface area (Å²) >= 11 is 0. The molecule has 7 nitrogen and oxygen atoms in total. The SMILES string of the molecule is COc1ccc(N2CCN(C(=O)CC[C@@H](C)[C@H]3CC[C@H]4[C@@H]5[C@H](O)C[C@@H]6C[C@H](O)CC[C@]6(C)[C@H]5C[C@H](O)[C@]34C)CC2)cc1. The Hall–Kier alpha value is -1.83. The predicted molar refractivity (Wildman–Crippen MR) is 164 cm³/mol. The predicted octanol–water partition coefficient (Wildman–Crippen LogP) is 4.72. The van der Waals surface area contributed by atoms with E-state index in [4.69, 9.17) is 4.74 Å². The molecular weight excluding hydrogens is 528 g/mol. The fourth-order valence-corrected chi connectivity index (χ4v) is 10.8. The molecular formula is C35H54N2O5. The van der Waals surface area contributed by atoms with Crippen LogP contribution < -0.4 is 9.64 Å². The summed E-state index contributed by atoms with van der Waals surface area (Å²) in [6.07, 6.45) is 6.76. The molecule has 11 atom stereocenters. The Bertz CT molecular complexity index is 1110. The molecule has 4 aliphatic carbocycles. The second kappa shape index (κ2) is 11.6. The van der Waals surface area contributed by atoms with Gasteiger partial charge < -0.3 is 29.9 Å². The second-order valence-corrected chi connectivity index (χ2v) is 15.1. The van der Waals surface area contributed by atoms with E-state index in [1.165, 1.54) is 5.69 Å². The van der Waals surface area contributed by atoms with E-state index < -0.39 is 0 Å². The van der Waals surface area contributed by atoms with Gasteiger partial charge in [0.05, 0.1) is 25.4 Å². The molecule has 1 aromatic rings. The summed E-state index contributed by atoms with van der Waals surface area (Å²) < 4.78 is 5.28. The van der Waals surface area contributed by atoms with Gasteiger partial charge in [-0.3, -0.25) is 4.79 Å². The Balaban J connectivity index is 1.06. The molecule has 5 aliphatic rings. The number of fused-ring (bicyclic) bond motifs is 5. The molecule has 1 amide bonds. The lowest BCUT2D eigenvalue weighted by atomic mass is 9.43. The molecule has 1 heterocycles. The van der Waals surface area contributed by atoms with E-state index in [9.17, 15) is 20.1 Å². The molecule has 0 aromatic heterocycles. The van der Waals surface area contributed by atoms with Gasteiger partial charge in [-0.2, -0.15) is 0 Å². The number of amides is 1. The molecule has 4 saturated carbocycles. The third-order valence-electron chi connectivity index (χ3n) is 13.4. The quantitative estimate of drug-likeness (QED) is 0.450. The summed E-state index contributed by atoms with van der Waals surface area (Å²) in [4.78, 5) is 17.6. The van der Waals surface area contributed by atoms with Crippen LogP contribution in [0.5, 0.6) is 5.75 Å². The summed E-state index contributed by atoms with van der Waals surface area (Å²) in [5.74, 6) is 3.03. The number of ether oxygens (including phenoxy) is 1. The Morgan fingerprint density at radius 1 is 0.976 bits per heavy atom. The van der Waals surface area contributed by atoms with E-state index in [1.807, 2.05) is 17.0 Å². The number of methoxy groups -OCH3 is 1. The first-order valence-electron chi connectivity index (χ1n) is 16.8. The zero-order valence-electron chi connectivity index (χ0n) is 26.3. The lowest BCUT2D eigenvalue weighted by molar-refractivity contribution is -0.207. The Labute approximate surface area is 252 Å². The first kappa shape index (κ1) is 30.2. The molecule has 5 fully saturated rings. The highest BCUT2D eigenvalue weighted by Gasteiger charge is 2.65. The Morgan fingerprint density at radius 2 is 1.69 bits per heavy atom. The van der Waals surface area contributed by atoms with Crippen LogP contribution in [0.1, 0.15) is 78.6 Å². The molecule has 7 heteroatoms. The normalized spacial score (nSPS) is 42.4. The van der Waals surface area contributed by atoms with Crippen molar-refractivity contribution >= 4 is 11.6 Å². The van der Waals surface area contributed by atoms with Crippen LogP contribution in [0.3, 0.4) is 0 Å². The summed E-state index contributed by atoms with van der Waals surface area (Å²) in [7, 11) is 1.68. The number of benzene rings is 1. The van der Waals surface area contributed by atoms with Crippen molar-refractivity contribution in [2.45, 2.75) is 96.9 Å². The number of rotatable bonds is 6. The van der Waals surface area contributed by atoms with E-state index in [0.717, 1.165) is 83.3 Å². The number of carbonyl (C=O) groups is 1. The van der Waals surface area contributed by atoms with Gasteiger partial charge in [0, 0.05) is 38.3 Å². The number of hydrogen-bond acceptors (Lipinski definition) is 6. The van der Waals surface area contributed by atoms with Crippen LogP contribution in [0.4, 0.5) is 5.69 Å². The molecule has 234 valence electrons. The fraction of sp³-hybridized carbons (Fsp3) is 0.800. The zero-order valence-corrected chi connectivity index (χ0v) is 26.3. The smallest absolute Gasteiger partial charge is 0.222 e. The van der Waals surface area contributed by atoms with Gasteiger partial charge in [0.15, 0.2) is 0 Å². The first-order valence-corrected chi connectivity index (χ1v) is 16.8. The number of piperazine rings is 1. The molecule has 6 rings (SSSR count). The molecule has 0 radical (unpaired) electrons. The molecule has 42 heavy (non-hydrogen) atoms. The van der Waals surface area contributed by atoms with Gasteiger partial charge in [-0.25, -0.2) is 0 Å².